The Labute approximate surface area is 185 Å². The van der Waals surface area contributed by atoms with Gasteiger partial charge < -0.3 is 4.90 Å². The molecule has 4 rings (SSSR count). The molecule has 7 heteroatoms. The van der Waals surface area contributed by atoms with E-state index in [9.17, 15) is 9.59 Å². The molecule has 1 amide bonds. The molecule has 0 N–H and O–H groups in total. The zero-order chi connectivity index (χ0) is 21.3. The standard InChI is InChI=1S/C23H27N3O2S2/c1-4-25(5-2)19(27)14-29-23-24-21-20(17-11-6-7-12-18(17)30-21)22(28)26(23)16-10-8-9-15(3)13-16/h8-10,13H,4-7,11-12,14H2,1-3H3. The number of rotatable bonds is 6. The van der Waals surface area contributed by atoms with E-state index in [2.05, 4.69) is 0 Å². The van der Waals surface area contributed by atoms with Crippen molar-refractivity contribution in [2.24, 2.45) is 0 Å². The number of nitrogens with zero attached hydrogens (tertiary/aromatic N) is 3. The second kappa shape index (κ2) is 8.94. The van der Waals surface area contributed by atoms with E-state index in [4.69, 9.17) is 4.98 Å². The molecule has 0 radical (unpaired) electrons. The molecular formula is C23H27N3O2S2. The predicted molar refractivity (Wildman–Crippen MR) is 125 cm³/mol. The van der Waals surface area contributed by atoms with Crippen LogP contribution in [0.4, 0.5) is 0 Å². The quantitative estimate of drug-likeness (QED) is 0.415. The molecular weight excluding hydrogens is 414 g/mol. The number of carbonyl (C=O) groups excluding carboxylic acids is 1. The van der Waals surface area contributed by atoms with E-state index in [1.807, 2.05) is 49.9 Å². The van der Waals surface area contributed by atoms with Crippen LogP contribution < -0.4 is 5.56 Å². The fourth-order valence-corrected chi connectivity index (χ4v) is 6.29. The molecule has 0 aliphatic heterocycles. The number of amides is 1. The van der Waals surface area contributed by atoms with Crippen LogP contribution in [0, 0.1) is 6.92 Å². The van der Waals surface area contributed by atoms with E-state index in [-0.39, 0.29) is 17.2 Å². The molecule has 2 heterocycles. The lowest BCUT2D eigenvalue weighted by Crippen LogP contribution is -2.32. The van der Waals surface area contributed by atoms with Crippen LogP contribution in [-0.2, 0) is 17.6 Å². The van der Waals surface area contributed by atoms with Crippen molar-refractivity contribution in [1.82, 2.24) is 14.5 Å². The van der Waals surface area contributed by atoms with Gasteiger partial charge in [-0.05, 0) is 69.7 Å². The van der Waals surface area contributed by atoms with Crippen molar-refractivity contribution in [2.45, 2.75) is 51.6 Å². The van der Waals surface area contributed by atoms with Gasteiger partial charge in [0, 0.05) is 18.0 Å². The molecule has 5 nitrogen and oxygen atoms in total. The molecule has 1 aliphatic carbocycles. The number of carbonyl (C=O) groups is 1. The Morgan fingerprint density at radius 1 is 1.23 bits per heavy atom. The third-order valence-electron chi connectivity index (χ3n) is 5.66. The maximum atomic E-state index is 13.7. The minimum Gasteiger partial charge on any atom is -0.343 e. The van der Waals surface area contributed by atoms with Gasteiger partial charge in [-0.3, -0.25) is 14.2 Å². The average Bonchev–Trinajstić information content (AvgIpc) is 3.11. The summed E-state index contributed by atoms with van der Waals surface area (Å²) in [4.78, 5) is 35.1. The van der Waals surface area contributed by atoms with Gasteiger partial charge in [-0.1, -0.05) is 23.9 Å². The minimum absolute atomic E-state index is 0.0113. The van der Waals surface area contributed by atoms with Gasteiger partial charge in [-0.2, -0.15) is 0 Å². The van der Waals surface area contributed by atoms with Gasteiger partial charge in [0.15, 0.2) is 5.16 Å². The number of thioether (sulfide) groups is 1. The van der Waals surface area contributed by atoms with Crippen LogP contribution in [0.3, 0.4) is 0 Å². The summed E-state index contributed by atoms with van der Waals surface area (Å²) in [6, 6.07) is 7.92. The molecule has 0 atom stereocenters. The van der Waals surface area contributed by atoms with E-state index in [0.717, 1.165) is 40.7 Å². The molecule has 0 unspecified atom stereocenters. The number of hydrogen-bond donors (Lipinski definition) is 0. The third-order valence-corrected chi connectivity index (χ3v) is 7.77. The summed E-state index contributed by atoms with van der Waals surface area (Å²) in [5.41, 5.74) is 3.07. The van der Waals surface area contributed by atoms with Gasteiger partial charge in [0.1, 0.15) is 4.83 Å². The van der Waals surface area contributed by atoms with Crippen LogP contribution in [0.15, 0.2) is 34.2 Å². The van der Waals surface area contributed by atoms with Gasteiger partial charge in [0.25, 0.3) is 5.56 Å². The lowest BCUT2D eigenvalue weighted by atomic mass is 9.97. The van der Waals surface area contributed by atoms with Crippen LogP contribution >= 0.6 is 23.1 Å². The highest BCUT2D eigenvalue weighted by Crippen LogP contribution is 2.35. The second-order valence-corrected chi connectivity index (χ2v) is 9.65. The topological polar surface area (TPSA) is 55.2 Å². The van der Waals surface area contributed by atoms with Crippen molar-refractivity contribution in [3.63, 3.8) is 0 Å². The Kier molecular flexibility index (Phi) is 6.29. The Balaban J connectivity index is 1.84. The summed E-state index contributed by atoms with van der Waals surface area (Å²) < 4.78 is 1.71. The Bertz CT molecular complexity index is 1150. The fraction of sp³-hybridized carbons (Fsp3) is 0.435. The molecule has 0 saturated heterocycles. The summed E-state index contributed by atoms with van der Waals surface area (Å²) in [6.07, 6.45) is 4.28. The summed E-state index contributed by atoms with van der Waals surface area (Å²) in [5, 5.41) is 1.37. The number of hydrogen-bond acceptors (Lipinski definition) is 5. The molecule has 1 aliphatic rings. The summed E-state index contributed by atoms with van der Waals surface area (Å²) in [6.45, 7) is 7.35. The van der Waals surface area contributed by atoms with Crippen LogP contribution in [0.5, 0.6) is 0 Å². The molecule has 1 aromatic carbocycles. The number of thiophene rings is 1. The summed E-state index contributed by atoms with van der Waals surface area (Å²) >= 11 is 3.01. The van der Waals surface area contributed by atoms with Crippen LogP contribution in [0.25, 0.3) is 15.9 Å². The van der Waals surface area contributed by atoms with Crippen molar-refractivity contribution in [3.05, 3.63) is 50.6 Å². The average molecular weight is 442 g/mol. The van der Waals surface area contributed by atoms with E-state index in [1.54, 1.807) is 15.9 Å². The first-order valence-electron chi connectivity index (χ1n) is 10.6. The van der Waals surface area contributed by atoms with E-state index in [0.29, 0.717) is 18.2 Å². The van der Waals surface area contributed by atoms with Crippen molar-refractivity contribution < 1.29 is 4.79 Å². The lowest BCUT2D eigenvalue weighted by molar-refractivity contribution is -0.127. The lowest BCUT2D eigenvalue weighted by Gasteiger charge is -2.19. The second-order valence-electron chi connectivity index (χ2n) is 7.62. The molecule has 3 aromatic rings. The zero-order valence-electron chi connectivity index (χ0n) is 17.7. The Hall–Kier alpha value is -2.12. The highest BCUT2D eigenvalue weighted by atomic mass is 32.2. The monoisotopic (exact) mass is 441 g/mol. The molecule has 0 saturated carbocycles. The molecule has 2 aromatic heterocycles. The van der Waals surface area contributed by atoms with Crippen LogP contribution in [0.1, 0.15) is 42.7 Å². The van der Waals surface area contributed by atoms with Gasteiger partial charge in [0.2, 0.25) is 5.91 Å². The van der Waals surface area contributed by atoms with Crippen molar-refractivity contribution in [3.8, 4) is 5.69 Å². The first-order chi connectivity index (χ1) is 14.5. The van der Waals surface area contributed by atoms with E-state index < -0.39 is 0 Å². The highest BCUT2D eigenvalue weighted by molar-refractivity contribution is 7.99. The summed E-state index contributed by atoms with van der Waals surface area (Å²) in [7, 11) is 0. The van der Waals surface area contributed by atoms with Crippen LogP contribution in [0.2, 0.25) is 0 Å². The fourth-order valence-electron chi connectivity index (χ4n) is 4.07. The minimum atomic E-state index is -0.0113. The van der Waals surface area contributed by atoms with Crippen LogP contribution in [-0.4, -0.2) is 39.2 Å². The van der Waals surface area contributed by atoms with Gasteiger partial charge in [-0.25, -0.2) is 4.98 Å². The first kappa shape index (κ1) is 21.1. The van der Waals surface area contributed by atoms with E-state index in [1.165, 1.54) is 28.6 Å². The smallest absolute Gasteiger partial charge is 0.267 e. The van der Waals surface area contributed by atoms with E-state index >= 15 is 0 Å². The van der Waals surface area contributed by atoms with Crippen molar-refractivity contribution >= 4 is 39.2 Å². The molecule has 30 heavy (non-hydrogen) atoms. The maximum Gasteiger partial charge on any atom is 0.267 e. The van der Waals surface area contributed by atoms with Gasteiger partial charge >= 0.3 is 0 Å². The Morgan fingerprint density at radius 3 is 2.73 bits per heavy atom. The zero-order valence-corrected chi connectivity index (χ0v) is 19.4. The molecule has 0 fully saturated rings. The third kappa shape index (κ3) is 3.93. The molecule has 0 bridgehead atoms. The number of fused-ring (bicyclic) bond motifs is 3. The normalized spacial score (nSPS) is 13.4. The predicted octanol–water partition coefficient (Wildman–Crippen LogP) is 4.59. The highest BCUT2D eigenvalue weighted by Gasteiger charge is 2.23. The Morgan fingerprint density at radius 2 is 2.00 bits per heavy atom. The largest absolute Gasteiger partial charge is 0.343 e. The van der Waals surface area contributed by atoms with Gasteiger partial charge in [0.05, 0.1) is 16.8 Å². The number of aryl methyl sites for hydroxylation is 3. The number of benzene rings is 1. The SMILES string of the molecule is CCN(CC)C(=O)CSc1nc2sc3c(c2c(=O)n1-c1cccc(C)c1)CCCC3. The first-order valence-corrected chi connectivity index (χ1v) is 12.4. The van der Waals surface area contributed by atoms with Gasteiger partial charge in [-0.15, -0.1) is 11.3 Å². The molecule has 158 valence electrons. The maximum absolute atomic E-state index is 13.7. The number of aromatic nitrogens is 2. The van der Waals surface area contributed by atoms with Crippen molar-refractivity contribution in [2.75, 3.05) is 18.8 Å². The molecule has 0 spiro atoms. The summed E-state index contributed by atoms with van der Waals surface area (Å²) in [5.74, 6) is 0.344. The van der Waals surface area contributed by atoms with Crippen molar-refractivity contribution in [1.29, 1.82) is 0 Å².